The Morgan fingerprint density at radius 1 is 0.885 bits per heavy atom. The lowest BCUT2D eigenvalue weighted by Crippen LogP contribution is -2.69. The van der Waals surface area contributed by atoms with Crippen LogP contribution in [0.5, 0.6) is 0 Å². The molecule has 1 heterocycles. The average Bonchev–Trinajstić information content (AvgIpc) is 2.50. The molecule has 0 radical (unpaired) electrons. The molecular formula is C15H22O11. The second-order valence-electron chi connectivity index (χ2n) is 5.53. The van der Waals surface area contributed by atoms with E-state index >= 15 is 0 Å². The summed E-state index contributed by atoms with van der Waals surface area (Å²) < 4.78 is 30.3. The lowest BCUT2D eigenvalue weighted by Gasteiger charge is -2.47. The van der Waals surface area contributed by atoms with E-state index in [1.807, 2.05) is 0 Å². The Kier molecular flexibility index (Phi) is 7.48. The van der Waals surface area contributed by atoms with Crippen molar-refractivity contribution >= 4 is 23.9 Å². The summed E-state index contributed by atoms with van der Waals surface area (Å²) >= 11 is 0. The topological polar surface area (TPSA) is 144 Å². The predicted molar refractivity (Wildman–Crippen MR) is 80.1 cm³/mol. The Labute approximate surface area is 149 Å². The van der Waals surface area contributed by atoms with Crippen molar-refractivity contribution in [2.75, 3.05) is 13.7 Å². The van der Waals surface area contributed by atoms with Crippen LogP contribution in [0, 0.1) is 0 Å². The molecule has 0 aromatic heterocycles. The average molecular weight is 378 g/mol. The zero-order valence-electron chi connectivity index (χ0n) is 15.0. The summed E-state index contributed by atoms with van der Waals surface area (Å²) in [5.41, 5.74) is 0. The van der Waals surface area contributed by atoms with Gasteiger partial charge in [0.25, 0.3) is 0 Å². The summed E-state index contributed by atoms with van der Waals surface area (Å²) in [4.78, 5) is 45.5. The van der Waals surface area contributed by atoms with E-state index in [2.05, 4.69) is 0 Å². The molecule has 0 aromatic rings. The minimum absolute atomic E-state index is 0.747. The van der Waals surface area contributed by atoms with E-state index in [1.165, 1.54) is 7.11 Å². The van der Waals surface area contributed by atoms with E-state index in [-0.39, 0.29) is 0 Å². The first kappa shape index (κ1) is 21.8. The fraction of sp³-hybridized carbons (Fsp3) is 0.733. The summed E-state index contributed by atoms with van der Waals surface area (Å²) in [7, 11) is 1.18. The second-order valence-corrected chi connectivity index (χ2v) is 5.53. The van der Waals surface area contributed by atoms with Crippen molar-refractivity contribution in [3.63, 3.8) is 0 Å². The van der Waals surface area contributed by atoms with E-state index in [9.17, 15) is 24.3 Å². The number of esters is 4. The number of aliphatic hydroxyl groups is 1. The third kappa shape index (κ3) is 5.64. The van der Waals surface area contributed by atoms with Gasteiger partial charge in [-0.25, -0.2) is 0 Å². The molecule has 11 heteroatoms. The smallest absolute Gasteiger partial charge is 0.303 e. The third-order valence-electron chi connectivity index (χ3n) is 3.27. The van der Waals surface area contributed by atoms with E-state index in [1.54, 1.807) is 0 Å². The molecule has 0 saturated carbocycles. The number of ether oxygens (including phenoxy) is 6. The number of hydrogen-bond donors (Lipinski definition) is 1. The van der Waals surface area contributed by atoms with Crippen LogP contribution in [0.2, 0.25) is 0 Å². The molecule has 1 fully saturated rings. The van der Waals surface area contributed by atoms with Crippen molar-refractivity contribution in [2.24, 2.45) is 0 Å². The van der Waals surface area contributed by atoms with E-state index in [0.29, 0.717) is 0 Å². The summed E-state index contributed by atoms with van der Waals surface area (Å²) in [5.74, 6) is -5.59. The van der Waals surface area contributed by atoms with Gasteiger partial charge in [-0.3, -0.25) is 19.2 Å². The van der Waals surface area contributed by atoms with Crippen LogP contribution in [-0.2, 0) is 47.6 Å². The van der Waals surface area contributed by atoms with Crippen molar-refractivity contribution in [1.82, 2.24) is 0 Å². The Balaban J connectivity index is 3.34. The highest BCUT2D eigenvalue weighted by atomic mass is 16.8. The van der Waals surface area contributed by atoms with Crippen LogP contribution in [-0.4, -0.2) is 73.1 Å². The maximum Gasteiger partial charge on any atom is 0.303 e. The van der Waals surface area contributed by atoms with Gasteiger partial charge >= 0.3 is 23.9 Å². The number of methoxy groups -OCH3 is 1. The fourth-order valence-electron chi connectivity index (χ4n) is 2.40. The molecule has 0 aliphatic carbocycles. The molecule has 0 spiro atoms. The van der Waals surface area contributed by atoms with Gasteiger partial charge in [-0.15, -0.1) is 0 Å². The standard InChI is InChI=1S/C15H22O11/c1-7(16)22-6-15(20)13(25-10(4)19)11(23-8(2)17)12(24-9(3)18)14(21-5)26-15/h11-14,20H,6H2,1-5H3/t11-,12-,13+,14-,15-/m1/s1. The maximum absolute atomic E-state index is 11.5. The van der Waals surface area contributed by atoms with Crippen molar-refractivity contribution in [3.8, 4) is 0 Å². The number of hydrogen-bond acceptors (Lipinski definition) is 11. The quantitative estimate of drug-likeness (QED) is 0.450. The van der Waals surface area contributed by atoms with Gasteiger partial charge in [-0.2, -0.15) is 0 Å². The van der Waals surface area contributed by atoms with Crippen LogP contribution < -0.4 is 0 Å². The van der Waals surface area contributed by atoms with Gasteiger partial charge in [0.2, 0.25) is 12.1 Å². The Hall–Kier alpha value is -2.24. The first-order valence-corrected chi connectivity index (χ1v) is 7.58. The van der Waals surface area contributed by atoms with E-state index in [4.69, 9.17) is 28.4 Å². The van der Waals surface area contributed by atoms with Crippen LogP contribution in [0.15, 0.2) is 0 Å². The minimum Gasteiger partial charge on any atom is -0.460 e. The molecule has 0 amide bonds. The Morgan fingerprint density at radius 2 is 1.38 bits per heavy atom. The molecule has 0 aromatic carbocycles. The number of rotatable bonds is 6. The van der Waals surface area contributed by atoms with Crippen LogP contribution in [0.25, 0.3) is 0 Å². The SMILES string of the molecule is CO[C@@H]1O[C@](O)(COC(C)=O)[C@@H](OC(C)=O)[C@H](OC(C)=O)[C@H]1OC(C)=O. The van der Waals surface area contributed by atoms with Gasteiger partial charge in [-0.1, -0.05) is 0 Å². The molecule has 1 aliphatic heterocycles. The first-order valence-electron chi connectivity index (χ1n) is 7.58. The van der Waals surface area contributed by atoms with Gasteiger partial charge in [-0.05, 0) is 0 Å². The summed E-state index contributed by atoms with van der Waals surface area (Å²) in [6, 6.07) is 0. The van der Waals surface area contributed by atoms with Crippen LogP contribution >= 0.6 is 0 Å². The molecular weight excluding hydrogens is 356 g/mol. The lowest BCUT2D eigenvalue weighted by atomic mass is 9.95. The molecule has 11 nitrogen and oxygen atoms in total. The zero-order valence-corrected chi connectivity index (χ0v) is 15.0. The normalized spacial score (nSPS) is 30.8. The van der Waals surface area contributed by atoms with Gasteiger partial charge in [0.1, 0.15) is 6.61 Å². The fourth-order valence-corrected chi connectivity index (χ4v) is 2.40. The van der Waals surface area contributed by atoms with Crippen LogP contribution in [0.3, 0.4) is 0 Å². The van der Waals surface area contributed by atoms with Gasteiger partial charge in [0.15, 0.2) is 18.3 Å². The largest absolute Gasteiger partial charge is 0.460 e. The van der Waals surface area contributed by atoms with Crippen LogP contribution in [0.4, 0.5) is 0 Å². The maximum atomic E-state index is 11.5. The van der Waals surface area contributed by atoms with Gasteiger partial charge < -0.3 is 33.5 Å². The Morgan fingerprint density at radius 3 is 1.81 bits per heavy atom. The molecule has 1 N–H and O–H groups in total. The van der Waals surface area contributed by atoms with E-state index < -0.39 is 60.9 Å². The summed E-state index contributed by atoms with van der Waals surface area (Å²) in [6.45, 7) is 3.53. The van der Waals surface area contributed by atoms with Gasteiger partial charge in [0, 0.05) is 34.8 Å². The van der Waals surface area contributed by atoms with Crippen molar-refractivity contribution in [2.45, 2.75) is 58.1 Å². The highest BCUT2D eigenvalue weighted by molar-refractivity contribution is 5.68. The number of carbonyl (C=O) groups excluding carboxylic acids is 4. The molecule has 1 saturated heterocycles. The summed E-state index contributed by atoms with van der Waals surface area (Å²) in [6.07, 6.45) is -5.92. The molecule has 0 unspecified atom stereocenters. The molecule has 5 atom stereocenters. The second kappa shape index (κ2) is 8.92. The third-order valence-corrected chi connectivity index (χ3v) is 3.27. The zero-order chi connectivity index (χ0) is 20.1. The first-order chi connectivity index (χ1) is 12.0. The highest BCUT2D eigenvalue weighted by Crippen LogP contribution is 2.34. The highest BCUT2D eigenvalue weighted by Gasteiger charge is 2.60. The lowest BCUT2D eigenvalue weighted by molar-refractivity contribution is -0.394. The van der Waals surface area contributed by atoms with Gasteiger partial charge in [0.05, 0.1) is 0 Å². The minimum atomic E-state index is -2.42. The van der Waals surface area contributed by atoms with Crippen molar-refractivity contribution in [1.29, 1.82) is 0 Å². The molecule has 1 aliphatic rings. The van der Waals surface area contributed by atoms with Crippen LogP contribution in [0.1, 0.15) is 27.7 Å². The van der Waals surface area contributed by atoms with E-state index in [0.717, 1.165) is 27.7 Å². The molecule has 1 rings (SSSR count). The van der Waals surface area contributed by atoms with Crippen molar-refractivity contribution < 1.29 is 52.7 Å². The number of carbonyl (C=O) groups is 4. The summed E-state index contributed by atoms with van der Waals surface area (Å²) in [5, 5.41) is 10.8. The van der Waals surface area contributed by atoms with Crippen molar-refractivity contribution in [3.05, 3.63) is 0 Å². The predicted octanol–water partition coefficient (Wildman–Crippen LogP) is -0.964. The Bertz CT molecular complexity index is 560. The molecule has 26 heavy (non-hydrogen) atoms. The monoisotopic (exact) mass is 378 g/mol. The molecule has 148 valence electrons. The molecule has 0 bridgehead atoms.